The molecule has 12 heteroatoms. The average Bonchev–Trinajstić information content (AvgIpc) is 2.90. The molecule has 1 atom stereocenters. The average molecular weight is 556 g/mol. The first-order valence-electron chi connectivity index (χ1n) is 11.9. The lowest BCUT2D eigenvalue weighted by Gasteiger charge is -2.14. The second-order valence-electron chi connectivity index (χ2n) is 8.98. The number of hydrogen-bond donors (Lipinski definition) is 2. The maximum atomic E-state index is 13.2. The molecule has 2 N–H and O–H groups in total. The van der Waals surface area contributed by atoms with Crippen molar-refractivity contribution in [3.05, 3.63) is 77.6 Å². The SMILES string of the molecule is COC[C@@H](C)Nc1cccc(-c2ccc3cnc(CNC(=O)c4ccc(C(F)F)c(S(C)(=O)=O)c4)cc3n2)n1. The van der Waals surface area contributed by atoms with Crippen LogP contribution < -0.4 is 10.6 Å². The Morgan fingerprint density at radius 2 is 1.82 bits per heavy atom. The summed E-state index contributed by atoms with van der Waals surface area (Å²) in [6.07, 6.45) is -0.537. The van der Waals surface area contributed by atoms with Gasteiger partial charge < -0.3 is 15.4 Å². The zero-order chi connectivity index (χ0) is 28.2. The number of carbonyl (C=O) groups excluding carboxylic acids is 1. The summed E-state index contributed by atoms with van der Waals surface area (Å²) >= 11 is 0. The molecule has 3 heterocycles. The molecule has 0 aliphatic heterocycles. The Hall–Kier alpha value is -4.03. The zero-order valence-electron chi connectivity index (χ0n) is 21.5. The van der Waals surface area contributed by atoms with Crippen molar-refractivity contribution in [2.45, 2.75) is 30.8 Å². The minimum absolute atomic E-state index is 0.0144. The van der Waals surface area contributed by atoms with E-state index in [2.05, 4.69) is 20.6 Å². The fourth-order valence-corrected chi connectivity index (χ4v) is 4.88. The third kappa shape index (κ3) is 6.89. The topological polar surface area (TPSA) is 123 Å². The smallest absolute Gasteiger partial charge is 0.265 e. The summed E-state index contributed by atoms with van der Waals surface area (Å²) in [6.45, 7) is 2.54. The summed E-state index contributed by atoms with van der Waals surface area (Å²) in [6, 6.07) is 14.2. The van der Waals surface area contributed by atoms with Crippen LogP contribution >= 0.6 is 0 Å². The van der Waals surface area contributed by atoms with Crippen LogP contribution in [-0.4, -0.2) is 55.3 Å². The second kappa shape index (κ2) is 11.8. The van der Waals surface area contributed by atoms with Gasteiger partial charge in [0.15, 0.2) is 9.84 Å². The van der Waals surface area contributed by atoms with Crippen molar-refractivity contribution < 1.29 is 26.7 Å². The Bertz CT molecular complexity index is 1620. The van der Waals surface area contributed by atoms with Gasteiger partial charge in [0.1, 0.15) is 5.82 Å². The number of methoxy groups -OCH3 is 1. The van der Waals surface area contributed by atoms with E-state index < -0.39 is 32.6 Å². The minimum Gasteiger partial charge on any atom is -0.383 e. The van der Waals surface area contributed by atoms with Gasteiger partial charge in [-0.15, -0.1) is 0 Å². The molecular weight excluding hydrogens is 528 g/mol. The molecule has 0 saturated carbocycles. The number of hydrogen-bond acceptors (Lipinski definition) is 8. The number of ether oxygens (including phenoxy) is 1. The van der Waals surface area contributed by atoms with Crippen LogP contribution in [-0.2, 0) is 21.1 Å². The number of halogens is 2. The van der Waals surface area contributed by atoms with E-state index in [0.717, 1.165) is 23.8 Å². The molecule has 1 aromatic carbocycles. The highest BCUT2D eigenvalue weighted by molar-refractivity contribution is 7.90. The van der Waals surface area contributed by atoms with Gasteiger partial charge in [0.05, 0.1) is 40.6 Å². The Morgan fingerprint density at radius 3 is 2.54 bits per heavy atom. The molecule has 4 rings (SSSR count). The summed E-state index contributed by atoms with van der Waals surface area (Å²) in [4.78, 5) is 25.8. The number of rotatable bonds is 10. The molecule has 1 amide bonds. The highest BCUT2D eigenvalue weighted by Crippen LogP contribution is 2.27. The summed E-state index contributed by atoms with van der Waals surface area (Å²) in [7, 11) is -2.32. The van der Waals surface area contributed by atoms with Crippen LogP contribution in [0.3, 0.4) is 0 Å². The summed E-state index contributed by atoms with van der Waals surface area (Å²) < 4.78 is 55.5. The molecule has 9 nitrogen and oxygen atoms in total. The van der Waals surface area contributed by atoms with E-state index in [-0.39, 0.29) is 18.2 Å². The molecule has 0 saturated heterocycles. The van der Waals surface area contributed by atoms with Gasteiger partial charge in [0.2, 0.25) is 0 Å². The van der Waals surface area contributed by atoms with Crippen molar-refractivity contribution in [3.8, 4) is 11.4 Å². The van der Waals surface area contributed by atoms with E-state index in [1.54, 1.807) is 19.4 Å². The van der Waals surface area contributed by atoms with Crippen LogP contribution in [0.25, 0.3) is 22.3 Å². The summed E-state index contributed by atoms with van der Waals surface area (Å²) in [5, 5.41) is 6.71. The molecule has 3 aromatic heterocycles. The number of amides is 1. The van der Waals surface area contributed by atoms with Crippen molar-refractivity contribution in [2.24, 2.45) is 0 Å². The quantitative estimate of drug-likeness (QED) is 0.295. The summed E-state index contributed by atoms with van der Waals surface area (Å²) in [5.74, 6) is 0.0678. The number of anilines is 1. The molecule has 0 aliphatic rings. The Morgan fingerprint density at radius 1 is 1.05 bits per heavy atom. The number of fused-ring (bicyclic) bond motifs is 1. The first kappa shape index (κ1) is 28.0. The predicted molar refractivity (Wildman–Crippen MR) is 143 cm³/mol. The predicted octanol–water partition coefficient (Wildman–Crippen LogP) is 4.41. The van der Waals surface area contributed by atoms with Crippen LogP contribution in [0.4, 0.5) is 14.6 Å². The Kier molecular flexibility index (Phi) is 8.46. The number of alkyl halides is 2. The second-order valence-corrected chi connectivity index (χ2v) is 11.0. The molecule has 4 aromatic rings. The Balaban J connectivity index is 1.52. The van der Waals surface area contributed by atoms with Crippen LogP contribution in [0.5, 0.6) is 0 Å². The van der Waals surface area contributed by atoms with Crippen molar-refractivity contribution in [2.75, 3.05) is 25.3 Å². The third-order valence-corrected chi connectivity index (χ3v) is 6.95. The number of pyridine rings is 3. The zero-order valence-corrected chi connectivity index (χ0v) is 22.3. The van der Waals surface area contributed by atoms with Crippen molar-refractivity contribution in [1.29, 1.82) is 0 Å². The van der Waals surface area contributed by atoms with Crippen LogP contribution in [0.15, 0.2) is 65.7 Å². The number of nitrogens with zero attached hydrogens (tertiary/aromatic N) is 3. The molecule has 0 bridgehead atoms. The first-order chi connectivity index (χ1) is 18.5. The molecule has 0 spiro atoms. The minimum atomic E-state index is -3.96. The number of benzene rings is 1. The van der Waals surface area contributed by atoms with Gasteiger partial charge in [0.25, 0.3) is 12.3 Å². The van der Waals surface area contributed by atoms with Gasteiger partial charge in [-0.25, -0.2) is 27.2 Å². The molecule has 0 radical (unpaired) electrons. The highest BCUT2D eigenvalue weighted by Gasteiger charge is 2.22. The van der Waals surface area contributed by atoms with Crippen molar-refractivity contribution in [3.63, 3.8) is 0 Å². The monoisotopic (exact) mass is 555 g/mol. The maximum absolute atomic E-state index is 13.2. The lowest BCUT2D eigenvalue weighted by molar-refractivity contribution is 0.0949. The van der Waals surface area contributed by atoms with Crippen LogP contribution in [0.1, 0.15) is 35.0 Å². The van der Waals surface area contributed by atoms with E-state index in [1.165, 1.54) is 6.07 Å². The van der Waals surface area contributed by atoms with E-state index in [9.17, 15) is 22.0 Å². The van der Waals surface area contributed by atoms with Gasteiger partial charge in [-0.1, -0.05) is 12.1 Å². The van der Waals surface area contributed by atoms with Crippen LogP contribution in [0.2, 0.25) is 0 Å². The van der Waals surface area contributed by atoms with Crippen LogP contribution in [0, 0.1) is 0 Å². The fraction of sp³-hybridized carbons (Fsp3) is 0.259. The number of aromatic nitrogens is 3. The fourth-order valence-electron chi connectivity index (χ4n) is 3.95. The number of carbonyl (C=O) groups is 1. The Labute approximate surface area is 224 Å². The van der Waals surface area contributed by atoms with Gasteiger partial charge in [-0.2, -0.15) is 0 Å². The van der Waals surface area contributed by atoms with Gasteiger partial charge in [-0.3, -0.25) is 9.78 Å². The number of nitrogens with one attached hydrogen (secondary N) is 2. The molecule has 0 fully saturated rings. The highest BCUT2D eigenvalue weighted by atomic mass is 32.2. The van der Waals surface area contributed by atoms with Gasteiger partial charge in [0, 0.05) is 42.1 Å². The van der Waals surface area contributed by atoms with E-state index in [0.29, 0.717) is 35.0 Å². The molecule has 0 aliphatic carbocycles. The van der Waals surface area contributed by atoms with E-state index in [1.807, 2.05) is 37.3 Å². The normalized spacial score (nSPS) is 12.5. The van der Waals surface area contributed by atoms with Crippen molar-refractivity contribution >= 4 is 32.5 Å². The van der Waals surface area contributed by atoms with E-state index >= 15 is 0 Å². The maximum Gasteiger partial charge on any atom is 0.265 e. The number of sulfone groups is 1. The largest absolute Gasteiger partial charge is 0.383 e. The van der Waals surface area contributed by atoms with Gasteiger partial charge >= 0.3 is 0 Å². The summed E-state index contributed by atoms with van der Waals surface area (Å²) in [5.41, 5.74) is 1.77. The van der Waals surface area contributed by atoms with E-state index in [4.69, 9.17) is 9.72 Å². The third-order valence-electron chi connectivity index (χ3n) is 5.79. The molecular formula is C27H27F2N5O4S. The molecule has 39 heavy (non-hydrogen) atoms. The van der Waals surface area contributed by atoms with Gasteiger partial charge in [-0.05, 0) is 49.4 Å². The molecule has 204 valence electrons. The molecule has 0 unspecified atom stereocenters. The van der Waals surface area contributed by atoms with Crippen molar-refractivity contribution in [1.82, 2.24) is 20.3 Å². The standard InChI is InChI=1S/C27H27F2N5O4S/c1-16(15-38-2)32-25-6-4-5-21(34-25)22-10-8-18-13-30-19(12-23(18)33-22)14-31-27(35)17-7-9-20(26(28)29)24(11-17)39(3,36)37/h4-13,16,26H,14-15H2,1-3H3,(H,31,35)(H,32,34)/t16-/m1/s1. The first-order valence-corrected chi connectivity index (χ1v) is 13.8. The lowest BCUT2D eigenvalue weighted by atomic mass is 10.1. The lowest BCUT2D eigenvalue weighted by Crippen LogP contribution is -2.23.